The highest BCUT2D eigenvalue weighted by atomic mass is 16.3. The summed E-state index contributed by atoms with van der Waals surface area (Å²) in [5.41, 5.74) is 7.56. The summed E-state index contributed by atoms with van der Waals surface area (Å²) in [7, 11) is 0. The Kier molecular flexibility index (Phi) is 3.75. The second kappa shape index (κ2) is 6.40. The predicted octanol–water partition coefficient (Wildman–Crippen LogP) is 6.55. The van der Waals surface area contributed by atoms with Crippen LogP contribution in [0, 0.1) is 6.92 Å². The highest BCUT2D eigenvalue weighted by Gasteiger charge is 2.13. The summed E-state index contributed by atoms with van der Waals surface area (Å²) in [5.74, 6) is 0. The lowest BCUT2D eigenvalue weighted by molar-refractivity contribution is 0.669. The molecule has 0 N–H and O–H groups in total. The fraction of sp³-hybridized carbons (Fsp3) is 0.0800. The van der Waals surface area contributed by atoms with E-state index in [1.807, 2.05) is 12.3 Å². The molecular weight excluding hydrogens is 330 g/mol. The minimum Gasteiger partial charge on any atom is -0.455 e. The van der Waals surface area contributed by atoms with Gasteiger partial charge in [-0.3, -0.25) is 4.98 Å². The fourth-order valence-electron chi connectivity index (χ4n) is 3.67. The third kappa shape index (κ3) is 2.89. The zero-order valence-electron chi connectivity index (χ0n) is 15.1. The van der Waals surface area contributed by atoms with Gasteiger partial charge >= 0.3 is 0 Å². The van der Waals surface area contributed by atoms with Crippen LogP contribution in [0.3, 0.4) is 0 Å². The van der Waals surface area contributed by atoms with Gasteiger partial charge in [-0.2, -0.15) is 0 Å². The summed E-state index contributed by atoms with van der Waals surface area (Å²) in [5, 5.41) is 2.29. The summed E-state index contributed by atoms with van der Waals surface area (Å²) < 4.78 is 6.24. The average molecular weight is 349 g/mol. The first-order valence-corrected chi connectivity index (χ1v) is 9.19. The zero-order chi connectivity index (χ0) is 18.2. The van der Waals surface area contributed by atoms with Crippen LogP contribution in [-0.4, -0.2) is 4.98 Å². The molecule has 0 saturated heterocycles. The second-order valence-electron chi connectivity index (χ2n) is 7.00. The van der Waals surface area contributed by atoms with Crippen LogP contribution in [0.4, 0.5) is 0 Å². The number of para-hydroxylation sites is 1. The van der Waals surface area contributed by atoms with Crippen LogP contribution in [0.2, 0.25) is 0 Å². The Morgan fingerprint density at radius 3 is 2.56 bits per heavy atom. The van der Waals surface area contributed by atoms with E-state index in [1.54, 1.807) is 0 Å². The maximum Gasteiger partial charge on any atom is 0.144 e. The van der Waals surface area contributed by atoms with E-state index in [1.165, 1.54) is 16.7 Å². The summed E-state index contributed by atoms with van der Waals surface area (Å²) in [4.78, 5) is 4.63. The fourth-order valence-corrected chi connectivity index (χ4v) is 3.67. The van der Waals surface area contributed by atoms with E-state index in [0.717, 1.165) is 39.6 Å². The molecule has 2 nitrogen and oxygen atoms in total. The van der Waals surface area contributed by atoms with Crippen molar-refractivity contribution in [2.75, 3.05) is 0 Å². The standard InChI is InChI=1S/C25H19NO/c1-17-10-11-20-21-8-5-9-22(25(21)27-24(20)14-17)23-16-19(12-13-26-23)15-18-6-3-2-4-7-18/h2-14,16H,15H2,1H3. The first kappa shape index (κ1) is 15.8. The lowest BCUT2D eigenvalue weighted by atomic mass is 10.0. The quantitative estimate of drug-likeness (QED) is 0.369. The Morgan fingerprint density at radius 2 is 1.67 bits per heavy atom. The van der Waals surface area contributed by atoms with Crippen LogP contribution in [0.1, 0.15) is 16.7 Å². The molecule has 2 heteroatoms. The van der Waals surface area contributed by atoms with Crippen molar-refractivity contribution >= 4 is 21.9 Å². The highest BCUT2D eigenvalue weighted by molar-refractivity contribution is 6.09. The van der Waals surface area contributed by atoms with E-state index in [-0.39, 0.29) is 0 Å². The van der Waals surface area contributed by atoms with Crippen molar-refractivity contribution in [3.63, 3.8) is 0 Å². The van der Waals surface area contributed by atoms with Crippen molar-refractivity contribution in [1.82, 2.24) is 4.98 Å². The van der Waals surface area contributed by atoms with Crippen LogP contribution in [0.25, 0.3) is 33.2 Å². The van der Waals surface area contributed by atoms with Crippen LogP contribution in [0.15, 0.2) is 89.5 Å². The summed E-state index contributed by atoms with van der Waals surface area (Å²) >= 11 is 0. The molecule has 2 aromatic heterocycles. The molecule has 3 aromatic carbocycles. The lowest BCUT2D eigenvalue weighted by Gasteiger charge is -2.06. The Labute approximate surface area is 158 Å². The Bertz CT molecular complexity index is 1250. The number of aryl methyl sites for hydroxylation is 1. The molecule has 0 aliphatic carbocycles. The minimum atomic E-state index is 0.895. The summed E-state index contributed by atoms with van der Waals surface area (Å²) in [6.45, 7) is 2.09. The number of hydrogen-bond donors (Lipinski definition) is 0. The molecule has 130 valence electrons. The van der Waals surface area contributed by atoms with Crippen molar-refractivity contribution in [2.24, 2.45) is 0 Å². The van der Waals surface area contributed by atoms with Crippen molar-refractivity contribution in [3.05, 3.63) is 102 Å². The number of hydrogen-bond acceptors (Lipinski definition) is 2. The third-order valence-electron chi connectivity index (χ3n) is 5.01. The average Bonchev–Trinajstić information content (AvgIpc) is 3.06. The molecule has 2 heterocycles. The second-order valence-corrected chi connectivity index (χ2v) is 7.00. The van der Waals surface area contributed by atoms with E-state index in [2.05, 4.69) is 84.7 Å². The lowest BCUT2D eigenvalue weighted by Crippen LogP contribution is -1.91. The molecular formula is C25H19NO. The Hall–Kier alpha value is -3.39. The van der Waals surface area contributed by atoms with Crippen molar-refractivity contribution in [3.8, 4) is 11.3 Å². The van der Waals surface area contributed by atoms with E-state index in [0.29, 0.717) is 0 Å². The zero-order valence-corrected chi connectivity index (χ0v) is 15.1. The maximum atomic E-state index is 6.24. The van der Waals surface area contributed by atoms with Gasteiger partial charge < -0.3 is 4.42 Å². The van der Waals surface area contributed by atoms with Gasteiger partial charge in [0.25, 0.3) is 0 Å². The van der Waals surface area contributed by atoms with Gasteiger partial charge in [0.15, 0.2) is 0 Å². The van der Waals surface area contributed by atoms with Crippen LogP contribution >= 0.6 is 0 Å². The first-order valence-electron chi connectivity index (χ1n) is 9.19. The Balaban J connectivity index is 1.63. The van der Waals surface area contributed by atoms with Gasteiger partial charge in [-0.15, -0.1) is 0 Å². The van der Waals surface area contributed by atoms with Crippen molar-refractivity contribution < 1.29 is 4.42 Å². The molecule has 0 unspecified atom stereocenters. The number of nitrogens with zero attached hydrogens (tertiary/aromatic N) is 1. The number of pyridine rings is 1. The maximum absolute atomic E-state index is 6.24. The molecule has 0 fully saturated rings. The molecule has 27 heavy (non-hydrogen) atoms. The molecule has 0 bridgehead atoms. The molecule has 0 spiro atoms. The van der Waals surface area contributed by atoms with Crippen molar-refractivity contribution in [2.45, 2.75) is 13.3 Å². The van der Waals surface area contributed by atoms with Crippen molar-refractivity contribution in [1.29, 1.82) is 0 Å². The smallest absolute Gasteiger partial charge is 0.144 e. The van der Waals surface area contributed by atoms with Gasteiger partial charge in [0.1, 0.15) is 11.2 Å². The molecule has 0 amide bonds. The van der Waals surface area contributed by atoms with Gasteiger partial charge in [-0.1, -0.05) is 54.6 Å². The largest absolute Gasteiger partial charge is 0.455 e. The molecule has 0 atom stereocenters. The van der Waals surface area contributed by atoms with Crippen LogP contribution in [0.5, 0.6) is 0 Å². The van der Waals surface area contributed by atoms with E-state index < -0.39 is 0 Å². The molecule has 5 rings (SSSR count). The topological polar surface area (TPSA) is 26.0 Å². The van der Waals surface area contributed by atoms with Crippen LogP contribution in [-0.2, 0) is 6.42 Å². The highest BCUT2D eigenvalue weighted by Crippen LogP contribution is 2.35. The number of furan rings is 1. The van der Waals surface area contributed by atoms with Gasteiger partial charge in [0.2, 0.25) is 0 Å². The normalized spacial score (nSPS) is 11.3. The molecule has 5 aromatic rings. The summed E-state index contributed by atoms with van der Waals surface area (Å²) in [6, 6.07) is 27.4. The number of fused-ring (bicyclic) bond motifs is 3. The first-order chi connectivity index (χ1) is 13.3. The van der Waals surface area contributed by atoms with Crippen LogP contribution < -0.4 is 0 Å². The van der Waals surface area contributed by atoms with E-state index in [4.69, 9.17) is 4.42 Å². The van der Waals surface area contributed by atoms with Gasteiger partial charge in [0, 0.05) is 22.5 Å². The van der Waals surface area contributed by atoms with Gasteiger partial charge in [0.05, 0.1) is 5.69 Å². The predicted molar refractivity (Wildman–Crippen MR) is 111 cm³/mol. The SMILES string of the molecule is Cc1ccc2c(c1)oc1c(-c3cc(Cc4ccccc4)ccn3)cccc12. The molecule has 0 aliphatic heterocycles. The minimum absolute atomic E-state index is 0.895. The third-order valence-corrected chi connectivity index (χ3v) is 5.01. The number of benzene rings is 3. The number of aromatic nitrogens is 1. The molecule has 0 aliphatic rings. The Morgan fingerprint density at radius 1 is 0.778 bits per heavy atom. The summed E-state index contributed by atoms with van der Waals surface area (Å²) in [6.07, 6.45) is 2.78. The van der Waals surface area contributed by atoms with Gasteiger partial charge in [-0.05, 0) is 54.3 Å². The monoisotopic (exact) mass is 349 g/mol. The van der Waals surface area contributed by atoms with E-state index in [9.17, 15) is 0 Å². The number of rotatable bonds is 3. The van der Waals surface area contributed by atoms with Gasteiger partial charge in [-0.25, -0.2) is 0 Å². The molecule has 0 saturated carbocycles. The molecule has 0 radical (unpaired) electrons. The van der Waals surface area contributed by atoms with E-state index >= 15 is 0 Å².